The molecule has 0 heterocycles. The van der Waals surface area contributed by atoms with E-state index in [0.29, 0.717) is 6.42 Å². The average molecular weight is 243 g/mol. The van der Waals surface area contributed by atoms with Crippen LogP contribution in [0.1, 0.15) is 31.4 Å². The van der Waals surface area contributed by atoms with Gasteiger partial charge in [0.05, 0.1) is 23.3 Å². The van der Waals surface area contributed by atoms with Crippen molar-refractivity contribution in [2.24, 2.45) is 0 Å². The third kappa shape index (κ3) is 3.38. The molecule has 0 amide bonds. The number of hydrogen-bond acceptors (Lipinski definition) is 2. The molecule has 5 heteroatoms. The van der Waals surface area contributed by atoms with Crippen molar-refractivity contribution in [3.05, 3.63) is 29.3 Å². The minimum absolute atomic E-state index is 0.0335. The summed E-state index contributed by atoms with van der Waals surface area (Å²) in [5.41, 5.74) is -0.939. The largest absolute Gasteiger partial charge is 0.490 e. The van der Waals surface area contributed by atoms with E-state index in [4.69, 9.17) is 10.00 Å². The van der Waals surface area contributed by atoms with Crippen molar-refractivity contribution in [1.29, 1.82) is 5.26 Å². The Kier molecular flexibility index (Phi) is 4.00. The van der Waals surface area contributed by atoms with E-state index in [-0.39, 0.29) is 17.4 Å². The van der Waals surface area contributed by atoms with Crippen LogP contribution in [0.25, 0.3) is 0 Å². The Labute approximate surface area is 97.6 Å². The van der Waals surface area contributed by atoms with E-state index < -0.39 is 11.7 Å². The van der Waals surface area contributed by atoms with Gasteiger partial charge in [0.1, 0.15) is 5.75 Å². The van der Waals surface area contributed by atoms with Crippen LogP contribution in [0.2, 0.25) is 0 Å². The topological polar surface area (TPSA) is 33.0 Å². The number of hydrogen-bond donors (Lipinski definition) is 0. The van der Waals surface area contributed by atoms with Gasteiger partial charge in [-0.05, 0) is 31.5 Å². The van der Waals surface area contributed by atoms with Crippen LogP contribution in [0.15, 0.2) is 18.2 Å². The molecule has 0 saturated carbocycles. The zero-order valence-corrected chi connectivity index (χ0v) is 9.51. The highest BCUT2D eigenvalue weighted by Gasteiger charge is 2.35. The number of halogens is 3. The van der Waals surface area contributed by atoms with Crippen molar-refractivity contribution in [1.82, 2.24) is 0 Å². The van der Waals surface area contributed by atoms with Crippen molar-refractivity contribution < 1.29 is 17.9 Å². The van der Waals surface area contributed by atoms with E-state index in [9.17, 15) is 13.2 Å². The molecule has 1 unspecified atom stereocenters. The van der Waals surface area contributed by atoms with Crippen LogP contribution in [-0.2, 0) is 6.18 Å². The molecular weight excluding hydrogens is 231 g/mol. The molecule has 1 aromatic carbocycles. The van der Waals surface area contributed by atoms with Crippen LogP contribution in [-0.4, -0.2) is 6.10 Å². The van der Waals surface area contributed by atoms with E-state index in [1.807, 2.05) is 6.92 Å². The summed E-state index contributed by atoms with van der Waals surface area (Å²) < 4.78 is 43.4. The molecule has 0 aliphatic carbocycles. The van der Waals surface area contributed by atoms with Gasteiger partial charge in [-0.15, -0.1) is 0 Å². The highest BCUT2D eigenvalue weighted by molar-refractivity contribution is 5.43. The lowest BCUT2D eigenvalue weighted by molar-refractivity contribution is -0.139. The summed E-state index contributed by atoms with van der Waals surface area (Å²) in [5.74, 6) is -0.231. The number of rotatable bonds is 3. The molecule has 0 aromatic heterocycles. The Morgan fingerprint density at radius 3 is 2.53 bits per heavy atom. The Morgan fingerprint density at radius 1 is 1.41 bits per heavy atom. The Hall–Kier alpha value is -1.70. The maximum absolute atomic E-state index is 12.7. The normalized spacial score (nSPS) is 12.9. The molecule has 92 valence electrons. The predicted molar refractivity (Wildman–Crippen MR) is 56.5 cm³/mol. The SMILES string of the molecule is CCC(C)Oc1ccc(C#N)cc1C(F)(F)F. The zero-order chi connectivity index (χ0) is 13.1. The van der Waals surface area contributed by atoms with Gasteiger partial charge in [0, 0.05) is 0 Å². The maximum Gasteiger partial charge on any atom is 0.420 e. The summed E-state index contributed by atoms with van der Waals surface area (Å²) in [6, 6.07) is 4.98. The van der Waals surface area contributed by atoms with Gasteiger partial charge in [0.15, 0.2) is 0 Å². The number of benzene rings is 1. The first-order valence-electron chi connectivity index (χ1n) is 5.16. The van der Waals surface area contributed by atoms with Gasteiger partial charge < -0.3 is 4.74 Å². The fraction of sp³-hybridized carbons (Fsp3) is 0.417. The lowest BCUT2D eigenvalue weighted by Crippen LogP contribution is -2.15. The first-order chi connectivity index (χ1) is 7.88. The van der Waals surface area contributed by atoms with Crippen LogP contribution in [0.5, 0.6) is 5.75 Å². The third-order valence-corrected chi connectivity index (χ3v) is 2.32. The Morgan fingerprint density at radius 2 is 2.06 bits per heavy atom. The van der Waals surface area contributed by atoms with Crippen LogP contribution < -0.4 is 4.74 Å². The van der Waals surface area contributed by atoms with Crippen LogP contribution in [0.3, 0.4) is 0 Å². The standard InChI is InChI=1S/C12H12F3NO/c1-3-8(2)17-11-5-4-9(7-16)6-10(11)12(13,14)15/h4-6,8H,3H2,1-2H3. The second kappa shape index (κ2) is 5.09. The Bertz CT molecular complexity index is 434. The van der Waals surface area contributed by atoms with Gasteiger partial charge in [0.25, 0.3) is 0 Å². The van der Waals surface area contributed by atoms with Gasteiger partial charge in [-0.1, -0.05) is 6.92 Å². The molecule has 0 spiro atoms. The molecule has 0 saturated heterocycles. The van der Waals surface area contributed by atoms with Gasteiger partial charge >= 0.3 is 6.18 Å². The molecule has 0 N–H and O–H groups in total. The minimum atomic E-state index is -4.52. The second-order valence-corrected chi connectivity index (χ2v) is 3.66. The monoisotopic (exact) mass is 243 g/mol. The van der Waals surface area contributed by atoms with Crippen molar-refractivity contribution in [2.45, 2.75) is 32.5 Å². The molecule has 2 nitrogen and oxygen atoms in total. The minimum Gasteiger partial charge on any atom is -0.490 e. The molecule has 1 atom stereocenters. The molecule has 1 aromatic rings. The number of nitriles is 1. The summed E-state index contributed by atoms with van der Waals surface area (Å²) in [4.78, 5) is 0. The van der Waals surface area contributed by atoms with Gasteiger partial charge in [-0.2, -0.15) is 18.4 Å². The number of alkyl halides is 3. The smallest absolute Gasteiger partial charge is 0.420 e. The Balaban J connectivity index is 3.17. The molecule has 0 aliphatic heterocycles. The molecule has 0 fully saturated rings. The zero-order valence-electron chi connectivity index (χ0n) is 9.51. The molecule has 0 bridgehead atoms. The number of nitrogens with zero attached hydrogens (tertiary/aromatic N) is 1. The summed E-state index contributed by atoms with van der Waals surface area (Å²) in [5, 5.41) is 8.59. The van der Waals surface area contributed by atoms with Gasteiger partial charge in [0.2, 0.25) is 0 Å². The highest BCUT2D eigenvalue weighted by Crippen LogP contribution is 2.37. The molecular formula is C12H12F3NO. The quantitative estimate of drug-likeness (QED) is 0.809. The van der Waals surface area contributed by atoms with Crippen molar-refractivity contribution in [3.8, 4) is 11.8 Å². The van der Waals surface area contributed by atoms with E-state index in [2.05, 4.69) is 0 Å². The summed E-state index contributed by atoms with van der Waals surface area (Å²) >= 11 is 0. The fourth-order valence-corrected chi connectivity index (χ4v) is 1.22. The maximum atomic E-state index is 12.7. The number of ether oxygens (including phenoxy) is 1. The van der Waals surface area contributed by atoms with Crippen LogP contribution in [0.4, 0.5) is 13.2 Å². The van der Waals surface area contributed by atoms with Crippen LogP contribution in [0, 0.1) is 11.3 Å². The molecule has 1 rings (SSSR count). The average Bonchev–Trinajstić information content (AvgIpc) is 2.28. The second-order valence-electron chi connectivity index (χ2n) is 3.66. The van der Waals surface area contributed by atoms with E-state index in [0.717, 1.165) is 6.07 Å². The first-order valence-corrected chi connectivity index (χ1v) is 5.16. The van der Waals surface area contributed by atoms with Gasteiger partial charge in [-0.3, -0.25) is 0 Å². The summed E-state index contributed by atoms with van der Waals surface area (Å²) in [6.07, 6.45) is -4.21. The lowest BCUT2D eigenvalue weighted by atomic mass is 10.1. The fourth-order valence-electron chi connectivity index (χ4n) is 1.22. The van der Waals surface area contributed by atoms with Crippen molar-refractivity contribution in [2.75, 3.05) is 0 Å². The van der Waals surface area contributed by atoms with Crippen molar-refractivity contribution >= 4 is 0 Å². The summed E-state index contributed by atoms with van der Waals surface area (Å²) in [6.45, 7) is 3.51. The molecule has 0 radical (unpaired) electrons. The summed E-state index contributed by atoms with van der Waals surface area (Å²) in [7, 11) is 0. The highest BCUT2D eigenvalue weighted by atomic mass is 19.4. The first kappa shape index (κ1) is 13.4. The van der Waals surface area contributed by atoms with E-state index in [1.165, 1.54) is 12.1 Å². The lowest BCUT2D eigenvalue weighted by Gasteiger charge is -2.17. The van der Waals surface area contributed by atoms with E-state index in [1.54, 1.807) is 13.0 Å². The van der Waals surface area contributed by atoms with Crippen LogP contribution >= 0.6 is 0 Å². The van der Waals surface area contributed by atoms with Crippen molar-refractivity contribution in [3.63, 3.8) is 0 Å². The molecule has 0 aliphatic rings. The molecule has 17 heavy (non-hydrogen) atoms. The van der Waals surface area contributed by atoms with E-state index >= 15 is 0 Å². The van der Waals surface area contributed by atoms with Gasteiger partial charge in [-0.25, -0.2) is 0 Å². The predicted octanol–water partition coefficient (Wildman–Crippen LogP) is 3.75. The third-order valence-electron chi connectivity index (χ3n) is 2.32.